The summed E-state index contributed by atoms with van der Waals surface area (Å²) < 4.78 is 10.5. The van der Waals surface area contributed by atoms with Crippen molar-refractivity contribution >= 4 is 12.0 Å². The monoisotopic (exact) mass is 357 g/mol. The first kappa shape index (κ1) is 21.7. The first-order valence-electron chi connectivity index (χ1n) is 9.14. The summed E-state index contributed by atoms with van der Waals surface area (Å²) in [7, 11) is 3.68. The summed E-state index contributed by atoms with van der Waals surface area (Å²) in [5.74, 6) is -0.139. The molecule has 1 N–H and O–H groups in total. The van der Waals surface area contributed by atoms with Gasteiger partial charge in [-0.1, -0.05) is 6.92 Å². The normalized spacial score (nSPS) is 20.8. The largest absolute Gasteiger partial charge is 0.444 e. The van der Waals surface area contributed by atoms with Crippen molar-refractivity contribution in [3.63, 3.8) is 0 Å². The first-order valence-corrected chi connectivity index (χ1v) is 9.14. The van der Waals surface area contributed by atoms with Crippen molar-refractivity contribution < 1.29 is 19.1 Å². The van der Waals surface area contributed by atoms with E-state index in [-0.39, 0.29) is 24.0 Å². The van der Waals surface area contributed by atoms with Gasteiger partial charge in [-0.25, -0.2) is 4.79 Å². The fourth-order valence-corrected chi connectivity index (χ4v) is 3.07. The molecule has 25 heavy (non-hydrogen) atoms. The van der Waals surface area contributed by atoms with Gasteiger partial charge in [0, 0.05) is 39.3 Å². The summed E-state index contributed by atoms with van der Waals surface area (Å²) in [6.07, 6.45) is 1.10. The molecule has 1 aliphatic heterocycles. The molecule has 146 valence electrons. The number of rotatable bonds is 8. The Morgan fingerprint density at radius 2 is 1.96 bits per heavy atom. The summed E-state index contributed by atoms with van der Waals surface area (Å²) >= 11 is 0. The van der Waals surface area contributed by atoms with E-state index in [9.17, 15) is 9.59 Å². The van der Waals surface area contributed by atoms with Crippen molar-refractivity contribution in [1.29, 1.82) is 0 Å². The van der Waals surface area contributed by atoms with Gasteiger partial charge >= 0.3 is 6.09 Å². The van der Waals surface area contributed by atoms with Crippen LogP contribution in [0, 0.1) is 5.92 Å². The molecule has 0 radical (unpaired) electrons. The molecule has 1 saturated heterocycles. The van der Waals surface area contributed by atoms with Gasteiger partial charge in [0.2, 0.25) is 5.91 Å². The smallest absolute Gasteiger partial charge is 0.410 e. The molecule has 1 rings (SSSR count). The van der Waals surface area contributed by atoms with E-state index in [0.717, 1.165) is 19.5 Å². The Labute approximate surface area is 152 Å². The number of nitrogens with zero attached hydrogens (tertiary/aromatic N) is 2. The number of amides is 2. The number of hydrogen-bond donors (Lipinski definition) is 1. The molecule has 0 aliphatic carbocycles. The third-order valence-corrected chi connectivity index (χ3v) is 4.40. The van der Waals surface area contributed by atoms with Gasteiger partial charge < -0.3 is 24.6 Å². The topological polar surface area (TPSA) is 71.1 Å². The number of nitrogens with one attached hydrogen (secondary N) is 1. The molecule has 0 bridgehead atoms. The van der Waals surface area contributed by atoms with Crippen molar-refractivity contribution in [2.45, 2.75) is 52.2 Å². The Morgan fingerprint density at radius 1 is 1.28 bits per heavy atom. The van der Waals surface area contributed by atoms with Crippen LogP contribution in [-0.4, -0.2) is 80.4 Å². The van der Waals surface area contributed by atoms with E-state index >= 15 is 0 Å². The van der Waals surface area contributed by atoms with Crippen LogP contribution in [0.15, 0.2) is 0 Å². The van der Waals surface area contributed by atoms with Crippen LogP contribution in [0.4, 0.5) is 4.79 Å². The fourth-order valence-electron chi connectivity index (χ4n) is 3.07. The van der Waals surface area contributed by atoms with Crippen LogP contribution >= 0.6 is 0 Å². The van der Waals surface area contributed by atoms with Gasteiger partial charge in [-0.15, -0.1) is 0 Å². The lowest BCUT2D eigenvalue weighted by Gasteiger charge is -2.29. The zero-order chi connectivity index (χ0) is 19.0. The highest BCUT2D eigenvalue weighted by molar-refractivity contribution is 5.81. The predicted molar refractivity (Wildman–Crippen MR) is 97.5 cm³/mol. The van der Waals surface area contributed by atoms with Gasteiger partial charge in [-0.05, 0) is 40.7 Å². The van der Waals surface area contributed by atoms with Gasteiger partial charge in [0.05, 0.1) is 12.5 Å². The van der Waals surface area contributed by atoms with Crippen molar-refractivity contribution in [1.82, 2.24) is 15.1 Å². The van der Waals surface area contributed by atoms with Crippen molar-refractivity contribution in [3.05, 3.63) is 0 Å². The van der Waals surface area contributed by atoms with Gasteiger partial charge in [0.1, 0.15) is 5.60 Å². The third-order valence-electron chi connectivity index (χ3n) is 4.40. The molecular formula is C18H35N3O4. The van der Waals surface area contributed by atoms with Crippen molar-refractivity contribution in [3.8, 4) is 0 Å². The van der Waals surface area contributed by atoms with Crippen LogP contribution in [0.2, 0.25) is 0 Å². The maximum Gasteiger partial charge on any atom is 0.410 e. The zero-order valence-corrected chi connectivity index (χ0v) is 16.6. The lowest BCUT2D eigenvalue weighted by Crippen LogP contribution is -2.45. The van der Waals surface area contributed by atoms with Gasteiger partial charge in [-0.2, -0.15) is 0 Å². The minimum Gasteiger partial charge on any atom is -0.444 e. The third kappa shape index (κ3) is 7.20. The number of carbonyl (C=O) groups excluding carboxylic acids is 2. The van der Waals surface area contributed by atoms with Crippen molar-refractivity contribution in [2.75, 3.05) is 46.9 Å². The van der Waals surface area contributed by atoms with Crippen LogP contribution < -0.4 is 5.32 Å². The number of likely N-dealkylation sites (tertiary alicyclic amines) is 1. The molecule has 0 aromatic carbocycles. The van der Waals surface area contributed by atoms with Crippen LogP contribution in [0.25, 0.3) is 0 Å². The van der Waals surface area contributed by atoms with Gasteiger partial charge in [0.15, 0.2) is 0 Å². The second kappa shape index (κ2) is 9.97. The molecule has 0 aromatic rings. The SMILES string of the molecule is CC[C@H]1[C@@H](C(=O)NCCN(C)CCOC)CCN1C(=O)OC(C)(C)C. The van der Waals surface area contributed by atoms with E-state index in [1.54, 1.807) is 12.0 Å². The molecule has 7 heteroatoms. The summed E-state index contributed by atoms with van der Waals surface area (Å²) in [5.41, 5.74) is -0.525. The average Bonchev–Trinajstić information content (AvgIpc) is 2.95. The Morgan fingerprint density at radius 3 is 2.52 bits per heavy atom. The molecule has 1 aliphatic rings. The van der Waals surface area contributed by atoms with Crippen LogP contribution in [-0.2, 0) is 14.3 Å². The molecule has 1 heterocycles. The molecule has 1 fully saturated rings. The molecule has 7 nitrogen and oxygen atoms in total. The number of ether oxygens (including phenoxy) is 2. The lowest BCUT2D eigenvalue weighted by atomic mass is 9.97. The second-order valence-corrected chi connectivity index (χ2v) is 7.63. The van der Waals surface area contributed by atoms with E-state index in [0.29, 0.717) is 26.1 Å². The quantitative estimate of drug-likeness (QED) is 0.716. The van der Waals surface area contributed by atoms with Crippen LogP contribution in [0.3, 0.4) is 0 Å². The maximum atomic E-state index is 12.5. The van der Waals surface area contributed by atoms with Gasteiger partial charge in [-0.3, -0.25) is 4.79 Å². The maximum absolute atomic E-state index is 12.5. The molecule has 0 unspecified atom stereocenters. The molecule has 0 saturated carbocycles. The highest BCUT2D eigenvalue weighted by Crippen LogP contribution is 2.28. The fraction of sp³-hybridized carbons (Fsp3) is 0.889. The van der Waals surface area contributed by atoms with Crippen LogP contribution in [0.5, 0.6) is 0 Å². The minimum atomic E-state index is -0.525. The highest BCUT2D eigenvalue weighted by Gasteiger charge is 2.41. The van der Waals surface area contributed by atoms with E-state index in [2.05, 4.69) is 10.2 Å². The summed E-state index contributed by atoms with van der Waals surface area (Å²) in [5, 5.41) is 3.00. The van der Waals surface area contributed by atoms with E-state index < -0.39 is 5.60 Å². The van der Waals surface area contributed by atoms with E-state index in [1.807, 2.05) is 34.7 Å². The number of carbonyl (C=O) groups is 2. The summed E-state index contributed by atoms with van der Waals surface area (Å²) in [4.78, 5) is 28.7. The number of likely N-dealkylation sites (N-methyl/N-ethyl adjacent to an activating group) is 1. The molecule has 0 spiro atoms. The minimum absolute atomic E-state index is 0.0260. The second-order valence-electron chi connectivity index (χ2n) is 7.63. The zero-order valence-electron chi connectivity index (χ0n) is 16.6. The Kier molecular flexibility index (Phi) is 8.65. The Balaban J connectivity index is 2.49. The number of hydrogen-bond acceptors (Lipinski definition) is 5. The Hall–Kier alpha value is -1.34. The lowest BCUT2D eigenvalue weighted by molar-refractivity contribution is -0.125. The van der Waals surface area contributed by atoms with Gasteiger partial charge in [0.25, 0.3) is 0 Å². The van der Waals surface area contributed by atoms with E-state index in [1.165, 1.54) is 0 Å². The molecule has 2 amide bonds. The average molecular weight is 357 g/mol. The van der Waals surface area contributed by atoms with Crippen LogP contribution in [0.1, 0.15) is 40.5 Å². The standard InChI is InChI=1S/C18H35N3O4/c1-7-15-14(8-10-21(15)17(23)25-18(2,3)4)16(22)19-9-11-20(5)12-13-24-6/h14-15H,7-13H2,1-6H3,(H,19,22)/t14-,15-/m0/s1. The predicted octanol–water partition coefficient (Wildman–Crippen LogP) is 1.72. The summed E-state index contributed by atoms with van der Waals surface area (Å²) in [6.45, 7) is 11.0. The number of methoxy groups -OCH3 is 1. The molecular weight excluding hydrogens is 322 g/mol. The molecule has 2 atom stereocenters. The Bertz CT molecular complexity index is 437. The highest BCUT2D eigenvalue weighted by atomic mass is 16.6. The molecule has 0 aromatic heterocycles. The van der Waals surface area contributed by atoms with E-state index in [4.69, 9.17) is 9.47 Å². The van der Waals surface area contributed by atoms with Crippen molar-refractivity contribution in [2.24, 2.45) is 5.92 Å². The first-order chi connectivity index (χ1) is 11.7. The summed E-state index contributed by atoms with van der Waals surface area (Å²) in [6, 6.07) is -0.0962.